The third-order valence-corrected chi connectivity index (χ3v) is 3.48. The maximum Gasteiger partial charge on any atom is 0.231 e. The zero-order valence-corrected chi connectivity index (χ0v) is 8.96. The van der Waals surface area contributed by atoms with Gasteiger partial charge in [0.15, 0.2) is 0 Å². The van der Waals surface area contributed by atoms with E-state index in [9.17, 15) is 13.2 Å². The van der Waals surface area contributed by atoms with Crippen LogP contribution in [-0.2, 0) is 14.8 Å². The van der Waals surface area contributed by atoms with Crippen molar-refractivity contribution >= 4 is 15.9 Å². The predicted molar refractivity (Wildman–Crippen MR) is 52.1 cm³/mol. The van der Waals surface area contributed by atoms with E-state index in [-0.39, 0.29) is 12.5 Å². The summed E-state index contributed by atoms with van der Waals surface area (Å²) in [5.74, 6) is -0.377. The second-order valence-electron chi connectivity index (χ2n) is 3.40. The zero-order chi connectivity index (χ0) is 10.8. The summed E-state index contributed by atoms with van der Waals surface area (Å²) in [6, 6.07) is 0. The lowest BCUT2D eigenvalue weighted by molar-refractivity contribution is -0.119. The summed E-state index contributed by atoms with van der Waals surface area (Å²) in [5, 5.41) is 0. The van der Waals surface area contributed by atoms with Crippen LogP contribution in [0.3, 0.4) is 0 Å². The average Bonchev–Trinajstić information content (AvgIpc) is 2.02. The molecule has 0 atom stereocenters. The van der Waals surface area contributed by atoms with Gasteiger partial charge in [-0.25, -0.2) is 8.42 Å². The van der Waals surface area contributed by atoms with Gasteiger partial charge in [-0.05, 0) is 0 Å². The van der Waals surface area contributed by atoms with Gasteiger partial charge in [0.2, 0.25) is 15.9 Å². The quantitative estimate of drug-likeness (QED) is 0.600. The molecule has 1 fully saturated rings. The summed E-state index contributed by atoms with van der Waals surface area (Å²) in [4.78, 5) is 12.4. The fourth-order valence-corrected chi connectivity index (χ4v) is 2.27. The molecule has 0 bridgehead atoms. The van der Waals surface area contributed by atoms with Crippen LogP contribution in [0.1, 0.15) is 0 Å². The minimum atomic E-state index is -3.09. The normalized spacial score (nSPS) is 20.9. The van der Waals surface area contributed by atoms with Crippen LogP contribution < -0.4 is 5.73 Å². The molecular weight excluding hydrogens is 206 g/mol. The molecule has 0 aromatic heterocycles. The van der Waals surface area contributed by atoms with E-state index in [0.29, 0.717) is 26.2 Å². The van der Waals surface area contributed by atoms with Crippen molar-refractivity contribution < 1.29 is 13.2 Å². The van der Waals surface area contributed by atoms with E-state index in [1.165, 1.54) is 10.6 Å². The maximum atomic E-state index is 11.1. The van der Waals surface area contributed by atoms with E-state index in [2.05, 4.69) is 0 Å². The number of rotatable bonds is 3. The molecule has 0 saturated carbocycles. The number of carbonyl (C=O) groups excluding carboxylic acids is 1. The van der Waals surface area contributed by atoms with Crippen LogP contribution in [0.25, 0.3) is 0 Å². The van der Waals surface area contributed by atoms with Crippen molar-refractivity contribution in [1.82, 2.24) is 9.21 Å². The SMILES string of the molecule is CS(=O)(=O)N1CCN(CC(N)=O)CC1. The predicted octanol–water partition coefficient (Wildman–Crippen LogP) is -1.95. The standard InChI is InChI=1S/C7H15N3O3S/c1-14(12,13)10-4-2-9(3-5-10)6-7(8)11/h2-6H2,1H3,(H2,8,11). The first-order valence-corrected chi connectivity index (χ1v) is 6.20. The highest BCUT2D eigenvalue weighted by molar-refractivity contribution is 7.88. The van der Waals surface area contributed by atoms with E-state index >= 15 is 0 Å². The van der Waals surface area contributed by atoms with Crippen molar-refractivity contribution in [3.8, 4) is 0 Å². The van der Waals surface area contributed by atoms with Crippen LogP contribution in [0.2, 0.25) is 0 Å². The summed E-state index contributed by atoms with van der Waals surface area (Å²) >= 11 is 0. The molecule has 0 spiro atoms. The molecule has 0 radical (unpaired) electrons. The highest BCUT2D eigenvalue weighted by Gasteiger charge is 2.23. The summed E-state index contributed by atoms with van der Waals surface area (Å²) in [6.07, 6.45) is 1.19. The smallest absolute Gasteiger partial charge is 0.231 e. The summed E-state index contributed by atoms with van der Waals surface area (Å²) in [6.45, 7) is 2.21. The van der Waals surface area contributed by atoms with E-state index in [1.807, 2.05) is 4.90 Å². The Bertz CT molecular complexity index is 306. The number of amides is 1. The highest BCUT2D eigenvalue weighted by Crippen LogP contribution is 2.04. The third-order valence-electron chi connectivity index (χ3n) is 2.18. The molecule has 1 saturated heterocycles. The lowest BCUT2D eigenvalue weighted by Crippen LogP contribution is -2.50. The van der Waals surface area contributed by atoms with Gasteiger partial charge in [0.25, 0.3) is 0 Å². The Morgan fingerprint density at radius 2 is 1.79 bits per heavy atom. The van der Waals surface area contributed by atoms with Crippen LogP contribution in [0.15, 0.2) is 0 Å². The maximum absolute atomic E-state index is 11.1. The summed E-state index contributed by atoms with van der Waals surface area (Å²) in [5.41, 5.74) is 5.03. The molecule has 1 aliphatic heterocycles. The first-order valence-electron chi connectivity index (χ1n) is 4.35. The Labute approximate surface area is 83.7 Å². The number of nitrogens with zero attached hydrogens (tertiary/aromatic N) is 2. The second kappa shape index (κ2) is 4.24. The zero-order valence-electron chi connectivity index (χ0n) is 8.14. The molecule has 0 unspecified atom stereocenters. The fourth-order valence-electron chi connectivity index (χ4n) is 1.44. The molecule has 2 N–H and O–H groups in total. The molecule has 82 valence electrons. The Balaban J connectivity index is 2.43. The molecule has 0 aromatic rings. The van der Waals surface area contributed by atoms with Gasteiger partial charge in [-0.3, -0.25) is 9.69 Å². The van der Waals surface area contributed by atoms with Crippen molar-refractivity contribution in [3.05, 3.63) is 0 Å². The van der Waals surface area contributed by atoms with Crippen LogP contribution >= 0.6 is 0 Å². The van der Waals surface area contributed by atoms with Crippen molar-refractivity contribution in [1.29, 1.82) is 0 Å². The number of nitrogens with two attached hydrogens (primary N) is 1. The van der Waals surface area contributed by atoms with Gasteiger partial charge < -0.3 is 5.73 Å². The van der Waals surface area contributed by atoms with Crippen molar-refractivity contribution in [2.24, 2.45) is 5.73 Å². The van der Waals surface area contributed by atoms with E-state index in [0.717, 1.165) is 0 Å². The Hall–Kier alpha value is -0.660. The minimum Gasteiger partial charge on any atom is -0.369 e. The molecule has 14 heavy (non-hydrogen) atoms. The highest BCUT2D eigenvalue weighted by atomic mass is 32.2. The fraction of sp³-hybridized carbons (Fsp3) is 0.857. The Kier molecular flexibility index (Phi) is 3.46. The molecule has 0 aliphatic carbocycles. The molecule has 6 nitrogen and oxygen atoms in total. The van der Waals surface area contributed by atoms with Crippen molar-refractivity contribution in [3.63, 3.8) is 0 Å². The summed E-state index contributed by atoms with van der Waals surface area (Å²) in [7, 11) is -3.09. The lowest BCUT2D eigenvalue weighted by atomic mass is 10.3. The number of carbonyl (C=O) groups is 1. The molecular formula is C7H15N3O3S. The second-order valence-corrected chi connectivity index (χ2v) is 5.39. The third kappa shape index (κ3) is 3.24. The minimum absolute atomic E-state index is 0.206. The average molecular weight is 221 g/mol. The van der Waals surface area contributed by atoms with Crippen LogP contribution in [0.4, 0.5) is 0 Å². The van der Waals surface area contributed by atoms with Crippen molar-refractivity contribution in [2.75, 3.05) is 39.0 Å². The van der Waals surface area contributed by atoms with Crippen LogP contribution in [0.5, 0.6) is 0 Å². The van der Waals surface area contributed by atoms with E-state index in [1.54, 1.807) is 0 Å². The first kappa shape index (κ1) is 11.4. The monoisotopic (exact) mass is 221 g/mol. The van der Waals surface area contributed by atoms with Gasteiger partial charge in [0, 0.05) is 26.2 Å². The van der Waals surface area contributed by atoms with Gasteiger partial charge in [0.1, 0.15) is 0 Å². The molecule has 7 heteroatoms. The molecule has 1 rings (SSSR count). The number of sulfonamides is 1. The van der Waals surface area contributed by atoms with Crippen LogP contribution in [-0.4, -0.2) is 62.5 Å². The summed E-state index contributed by atoms with van der Waals surface area (Å²) < 4.78 is 23.7. The van der Waals surface area contributed by atoms with Gasteiger partial charge in [-0.15, -0.1) is 0 Å². The first-order chi connectivity index (χ1) is 6.39. The van der Waals surface area contributed by atoms with Crippen LogP contribution in [0, 0.1) is 0 Å². The van der Waals surface area contributed by atoms with Gasteiger partial charge in [-0.1, -0.05) is 0 Å². The molecule has 1 amide bonds. The number of hydrogen-bond acceptors (Lipinski definition) is 4. The van der Waals surface area contributed by atoms with Gasteiger partial charge in [-0.2, -0.15) is 4.31 Å². The largest absolute Gasteiger partial charge is 0.369 e. The number of hydrogen-bond donors (Lipinski definition) is 1. The lowest BCUT2D eigenvalue weighted by Gasteiger charge is -2.32. The Morgan fingerprint density at radius 3 is 2.14 bits per heavy atom. The van der Waals surface area contributed by atoms with E-state index in [4.69, 9.17) is 5.73 Å². The molecule has 1 heterocycles. The number of piperazine rings is 1. The van der Waals surface area contributed by atoms with Gasteiger partial charge in [0.05, 0.1) is 12.8 Å². The topological polar surface area (TPSA) is 83.7 Å². The van der Waals surface area contributed by atoms with E-state index < -0.39 is 10.0 Å². The van der Waals surface area contributed by atoms with Gasteiger partial charge >= 0.3 is 0 Å². The Morgan fingerprint density at radius 1 is 1.29 bits per heavy atom. The number of primary amides is 1. The molecule has 1 aliphatic rings. The molecule has 0 aromatic carbocycles. The van der Waals surface area contributed by atoms with Crippen molar-refractivity contribution in [2.45, 2.75) is 0 Å².